The van der Waals surface area contributed by atoms with E-state index in [1.165, 1.54) is 11.3 Å². The molecule has 1 heterocycles. The van der Waals surface area contributed by atoms with E-state index in [0.717, 1.165) is 26.2 Å². The van der Waals surface area contributed by atoms with Crippen molar-refractivity contribution in [3.63, 3.8) is 0 Å². The molecule has 0 amide bonds. The van der Waals surface area contributed by atoms with E-state index in [0.29, 0.717) is 12.6 Å². The predicted octanol–water partition coefficient (Wildman–Crippen LogP) is 1.41. The number of hydrogen-bond acceptors (Lipinski definition) is 3. The summed E-state index contributed by atoms with van der Waals surface area (Å²) in [5, 5.41) is 0. The molecule has 1 atom stereocenters. The zero-order valence-corrected chi connectivity index (χ0v) is 9.86. The minimum Gasteiger partial charge on any atom is -0.377 e. The molecule has 3 nitrogen and oxygen atoms in total. The van der Waals surface area contributed by atoms with Gasteiger partial charge in [0.1, 0.15) is 0 Å². The number of aryl methyl sites for hydroxylation is 1. The normalized spacial score (nSPS) is 21.1. The lowest BCUT2D eigenvalue weighted by Gasteiger charge is -2.37. The topological polar surface area (TPSA) is 38.5 Å². The van der Waals surface area contributed by atoms with Gasteiger partial charge in [0.05, 0.1) is 19.3 Å². The maximum absolute atomic E-state index is 5.80. The zero-order valence-electron chi connectivity index (χ0n) is 9.86. The van der Waals surface area contributed by atoms with Crippen LogP contribution in [0.1, 0.15) is 12.5 Å². The molecule has 88 valence electrons. The van der Waals surface area contributed by atoms with E-state index in [1.54, 1.807) is 0 Å². The van der Waals surface area contributed by atoms with Crippen molar-refractivity contribution >= 4 is 5.69 Å². The van der Waals surface area contributed by atoms with Crippen molar-refractivity contribution in [2.75, 3.05) is 31.2 Å². The number of rotatable bonds is 3. The van der Waals surface area contributed by atoms with Crippen molar-refractivity contribution in [2.24, 2.45) is 5.73 Å². The first-order valence-electron chi connectivity index (χ1n) is 5.99. The van der Waals surface area contributed by atoms with Crippen LogP contribution in [-0.2, 0) is 11.2 Å². The maximum atomic E-state index is 5.80. The fraction of sp³-hybridized carbons (Fsp3) is 0.538. The molecule has 0 aromatic heterocycles. The van der Waals surface area contributed by atoms with E-state index >= 15 is 0 Å². The van der Waals surface area contributed by atoms with Gasteiger partial charge in [0.25, 0.3) is 0 Å². The highest BCUT2D eigenvalue weighted by Crippen LogP contribution is 2.24. The summed E-state index contributed by atoms with van der Waals surface area (Å²) in [4.78, 5) is 2.39. The maximum Gasteiger partial charge on any atom is 0.0683 e. The van der Waals surface area contributed by atoms with Gasteiger partial charge in [-0.05, 0) is 18.1 Å². The van der Waals surface area contributed by atoms with Gasteiger partial charge in [0.2, 0.25) is 0 Å². The number of nitrogens with zero attached hydrogens (tertiary/aromatic N) is 1. The Bertz CT molecular complexity index is 340. The van der Waals surface area contributed by atoms with Crippen LogP contribution in [0.25, 0.3) is 0 Å². The highest BCUT2D eigenvalue weighted by Gasteiger charge is 2.23. The number of hydrogen-bond donors (Lipinski definition) is 1. The molecule has 1 aliphatic rings. The molecule has 1 aromatic rings. The molecular weight excluding hydrogens is 200 g/mol. The van der Waals surface area contributed by atoms with Crippen LogP contribution in [-0.4, -0.2) is 32.3 Å². The highest BCUT2D eigenvalue weighted by atomic mass is 16.5. The lowest BCUT2D eigenvalue weighted by molar-refractivity contribution is 0.0962. The summed E-state index contributed by atoms with van der Waals surface area (Å²) in [5.41, 5.74) is 8.52. The SMILES string of the molecule is CCc1ccccc1N1CCOCC1CN. The third kappa shape index (κ3) is 2.20. The summed E-state index contributed by atoms with van der Waals surface area (Å²) in [6, 6.07) is 8.89. The predicted molar refractivity (Wildman–Crippen MR) is 66.8 cm³/mol. The van der Waals surface area contributed by atoms with Gasteiger partial charge >= 0.3 is 0 Å². The fourth-order valence-corrected chi connectivity index (χ4v) is 2.26. The van der Waals surface area contributed by atoms with E-state index in [1.807, 2.05) is 0 Å². The molecule has 0 bridgehead atoms. The van der Waals surface area contributed by atoms with E-state index < -0.39 is 0 Å². The second-order valence-corrected chi connectivity index (χ2v) is 4.14. The monoisotopic (exact) mass is 220 g/mol. The number of para-hydroxylation sites is 1. The van der Waals surface area contributed by atoms with Crippen molar-refractivity contribution in [1.82, 2.24) is 0 Å². The van der Waals surface area contributed by atoms with Crippen LogP contribution < -0.4 is 10.6 Å². The molecule has 16 heavy (non-hydrogen) atoms. The van der Waals surface area contributed by atoms with Gasteiger partial charge in [0, 0.05) is 18.8 Å². The minimum atomic E-state index is 0.321. The summed E-state index contributed by atoms with van der Waals surface area (Å²) in [6.45, 7) is 5.33. The quantitative estimate of drug-likeness (QED) is 0.837. The van der Waals surface area contributed by atoms with Crippen LogP contribution in [0.5, 0.6) is 0 Å². The average Bonchev–Trinajstić information content (AvgIpc) is 2.38. The Morgan fingerprint density at radius 1 is 1.44 bits per heavy atom. The standard InChI is InChI=1S/C13H20N2O/c1-2-11-5-3-4-6-13(11)15-7-8-16-10-12(15)9-14/h3-6,12H,2,7-10,14H2,1H3. The lowest BCUT2D eigenvalue weighted by Crippen LogP contribution is -2.49. The van der Waals surface area contributed by atoms with Crippen LogP contribution in [0, 0.1) is 0 Å². The van der Waals surface area contributed by atoms with Crippen molar-refractivity contribution < 1.29 is 4.74 Å². The molecule has 1 fully saturated rings. The first-order chi connectivity index (χ1) is 7.86. The summed E-state index contributed by atoms with van der Waals surface area (Å²) in [7, 11) is 0. The van der Waals surface area contributed by atoms with Crippen molar-refractivity contribution in [3.8, 4) is 0 Å². The van der Waals surface area contributed by atoms with Crippen LogP contribution in [0.15, 0.2) is 24.3 Å². The third-order valence-electron chi connectivity index (χ3n) is 3.18. The molecule has 1 saturated heterocycles. The average molecular weight is 220 g/mol. The van der Waals surface area contributed by atoms with Gasteiger partial charge in [-0.2, -0.15) is 0 Å². The van der Waals surface area contributed by atoms with Gasteiger partial charge in [0.15, 0.2) is 0 Å². The summed E-state index contributed by atoms with van der Waals surface area (Å²) in [6.07, 6.45) is 1.06. The smallest absolute Gasteiger partial charge is 0.0683 e. The van der Waals surface area contributed by atoms with Gasteiger partial charge in [-0.15, -0.1) is 0 Å². The highest BCUT2D eigenvalue weighted by molar-refractivity contribution is 5.54. The van der Waals surface area contributed by atoms with Crippen molar-refractivity contribution in [1.29, 1.82) is 0 Å². The number of nitrogens with two attached hydrogens (primary N) is 1. The van der Waals surface area contributed by atoms with E-state index in [-0.39, 0.29) is 0 Å². The van der Waals surface area contributed by atoms with Crippen molar-refractivity contribution in [2.45, 2.75) is 19.4 Å². The Kier molecular flexibility index (Phi) is 3.80. The van der Waals surface area contributed by atoms with Crippen LogP contribution >= 0.6 is 0 Å². The molecule has 1 aliphatic heterocycles. The molecule has 0 saturated carbocycles. The zero-order chi connectivity index (χ0) is 11.4. The number of anilines is 1. The Balaban J connectivity index is 2.26. The Morgan fingerprint density at radius 2 is 2.25 bits per heavy atom. The number of ether oxygens (including phenoxy) is 1. The van der Waals surface area contributed by atoms with Gasteiger partial charge in [-0.1, -0.05) is 25.1 Å². The molecule has 0 spiro atoms. The molecule has 1 aromatic carbocycles. The Morgan fingerprint density at radius 3 is 3.00 bits per heavy atom. The second-order valence-electron chi connectivity index (χ2n) is 4.14. The molecule has 1 unspecified atom stereocenters. The van der Waals surface area contributed by atoms with Gasteiger partial charge in [-0.25, -0.2) is 0 Å². The molecule has 0 radical (unpaired) electrons. The van der Waals surface area contributed by atoms with Gasteiger partial charge in [-0.3, -0.25) is 0 Å². The fourth-order valence-electron chi connectivity index (χ4n) is 2.26. The first kappa shape index (κ1) is 11.4. The van der Waals surface area contributed by atoms with E-state index in [2.05, 4.69) is 36.1 Å². The first-order valence-corrected chi connectivity index (χ1v) is 5.99. The van der Waals surface area contributed by atoms with E-state index in [4.69, 9.17) is 10.5 Å². The van der Waals surface area contributed by atoms with Crippen LogP contribution in [0.4, 0.5) is 5.69 Å². The van der Waals surface area contributed by atoms with Crippen molar-refractivity contribution in [3.05, 3.63) is 29.8 Å². The molecular formula is C13H20N2O. The Hall–Kier alpha value is -1.06. The lowest BCUT2D eigenvalue weighted by atomic mass is 10.1. The summed E-state index contributed by atoms with van der Waals surface area (Å²) in [5.74, 6) is 0. The number of morpholine rings is 1. The largest absolute Gasteiger partial charge is 0.377 e. The minimum absolute atomic E-state index is 0.321. The van der Waals surface area contributed by atoms with Gasteiger partial charge < -0.3 is 15.4 Å². The molecule has 0 aliphatic carbocycles. The van der Waals surface area contributed by atoms with Crippen LogP contribution in [0.2, 0.25) is 0 Å². The second kappa shape index (κ2) is 5.32. The number of benzene rings is 1. The third-order valence-corrected chi connectivity index (χ3v) is 3.18. The molecule has 2 N–H and O–H groups in total. The van der Waals surface area contributed by atoms with Crippen LogP contribution in [0.3, 0.4) is 0 Å². The molecule has 2 rings (SSSR count). The van der Waals surface area contributed by atoms with E-state index in [9.17, 15) is 0 Å². The summed E-state index contributed by atoms with van der Waals surface area (Å²) < 4.78 is 5.48. The summed E-state index contributed by atoms with van der Waals surface area (Å²) >= 11 is 0. The molecule has 3 heteroatoms. The Labute approximate surface area is 97.2 Å².